The number of ketones is 1. The molecule has 0 bridgehead atoms. The van der Waals surface area contributed by atoms with E-state index in [4.69, 9.17) is 0 Å². The highest BCUT2D eigenvalue weighted by atomic mass is 19.4. The Hall–Kier alpha value is -3.37. The van der Waals surface area contributed by atoms with Gasteiger partial charge in [-0.3, -0.25) is 4.79 Å². The van der Waals surface area contributed by atoms with Gasteiger partial charge in [-0.1, -0.05) is 18.2 Å². The number of benzene rings is 1. The van der Waals surface area contributed by atoms with Crippen LogP contribution in [0.1, 0.15) is 48.7 Å². The van der Waals surface area contributed by atoms with Gasteiger partial charge in [0.05, 0.1) is 17.8 Å². The number of para-hydroxylation sites is 1. The van der Waals surface area contributed by atoms with E-state index in [1.54, 1.807) is 36.7 Å². The van der Waals surface area contributed by atoms with E-state index in [2.05, 4.69) is 14.8 Å². The van der Waals surface area contributed by atoms with Crippen molar-refractivity contribution in [3.63, 3.8) is 0 Å². The first kappa shape index (κ1) is 25.3. The van der Waals surface area contributed by atoms with E-state index in [9.17, 15) is 22.8 Å². The Labute approximate surface area is 196 Å². The van der Waals surface area contributed by atoms with Crippen LogP contribution in [0.25, 0.3) is 0 Å². The van der Waals surface area contributed by atoms with Crippen LogP contribution in [0.3, 0.4) is 0 Å². The molecule has 0 radical (unpaired) electrons. The van der Waals surface area contributed by atoms with Crippen LogP contribution < -0.4 is 4.74 Å². The lowest BCUT2D eigenvalue weighted by Crippen LogP contribution is -2.45. The van der Waals surface area contributed by atoms with Gasteiger partial charge < -0.3 is 14.5 Å². The van der Waals surface area contributed by atoms with Crippen LogP contribution in [0.5, 0.6) is 5.75 Å². The van der Waals surface area contributed by atoms with E-state index in [1.165, 1.54) is 36.2 Å². The minimum atomic E-state index is -4.81. The summed E-state index contributed by atoms with van der Waals surface area (Å²) in [5, 5.41) is 4.39. The fourth-order valence-electron chi connectivity index (χ4n) is 3.96. The molecule has 1 aliphatic heterocycles. The first-order valence-corrected chi connectivity index (χ1v) is 10.9. The molecule has 0 saturated carbocycles. The molecule has 1 aliphatic rings. The predicted molar refractivity (Wildman–Crippen MR) is 121 cm³/mol. The van der Waals surface area contributed by atoms with Crippen molar-refractivity contribution >= 4 is 23.3 Å². The molecule has 1 saturated heterocycles. The fraction of sp³-hybridized carbons (Fsp3) is 0.478. The molecule has 1 fully saturated rings. The van der Waals surface area contributed by atoms with Crippen LogP contribution in [0.2, 0.25) is 0 Å². The van der Waals surface area contributed by atoms with Crippen molar-refractivity contribution in [2.24, 2.45) is 4.99 Å². The molecule has 184 valence electrons. The number of piperidine rings is 1. The third-order valence-electron chi connectivity index (χ3n) is 5.49. The van der Waals surface area contributed by atoms with Gasteiger partial charge in [-0.15, -0.1) is 13.2 Å². The minimum absolute atomic E-state index is 0.0880. The van der Waals surface area contributed by atoms with E-state index in [0.717, 1.165) is 12.8 Å². The Bertz CT molecular complexity index is 1080. The van der Waals surface area contributed by atoms with Crippen molar-refractivity contribution in [3.8, 4) is 5.75 Å². The quantitative estimate of drug-likeness (QED) is 0.447. The molecule has 2 heterocycles. The van der Waals surface area contributed by atoms with Gasteiger partial charge in [-0.2, -0.15) is 5.10 Å². The van der Waals surface area contributed by atoms with Crippen LogP contribution >= 0.6 is 0 Å². The van der Waals surface area contributed by atoms with Gasteiger partial charge >= 0.3 is 12.4 Å². The molecule has 0 spiro atoms. The average molecular weight is 480 g/mol. The van der Waals surface area contributed by atoms with Crippen molar-refractivity contribution in [1.29, 1.82) is 0 Å². The second-order valence-corrected chi connectivity index (χ2v) is 8.48. The first-order valence-electron chi connectivity index (χ1n) is 10.9. The number of nitrogens with zero attached hydrogens (tertiary/aromatic N) is 5. The van der Waals surface area contributed by atoms with Crippen molar-refractivity contribution in [3.05, 3.63) is 41.6 Å². The largest absolute Gasteiger partial charge is 0.573 e. The SMILES string of the molecule is CC(=O)c1cnn(C2CCCN(C(=O)N(C)C)C2)c1/N=C(\C)Cc1ccccc1OC(F)(F)F. The van der Waals surface area contributed by atoms with Crippen LogP contribution in [-0.2, 0) is 6.42 Å². The van der Waals surface area contributed by atoms with Gasteiger partial charge in [0.1, 0.15) is 5.75 Å². The Morgan fingerprint density at radius 3 is 2.59 bits per heavy atom. The lowest BCUT2D eigenvalue weighted by atomic mass is 10.1. The molecule has 11 heteroatoms. The predicted octanol–water partition coefficient (Wildman–Crippen LogP) is 4.64. The first-order chi connectivity index (χ1) is 16.0. The van der Waals surface area contributed by atoms with Crippen molar-refractivity contribution < 1.29 is 27.5 Å². The summed E-state index contributed by atoms with van der Waals surface area (Å²) in [7, 11) is 3.38. The summed E-state index contributed by atoms with van der Waals surface area (Å²) in [6, 6.07) is 5.58. The van der Waals surface area contributed by atoms with Crippen LogP contribution in [0.15, 0.2) is 35.5 Å². The number of hydrogen-bond donors (Lipinski definition) is 0. The summed E-state index contributed by atoms with van der Waals surface area (Å²) in [5.74, 6) is -0.186. The average Bonchev–Trinajstić information content (AvgIpc) is 3.17. The third-order valence-corrected chi connectivity index (χ3v) is 5.49. The topological polar surface area (TPSA) is 80.0 Å². The second kappa shape index (κ2) is 10.3. The number of ether oxygens (including phenoxy) is 1. The standard InChI is InChI=1S/C23H28F3N5O3/c1-15(12-17-8-5-6-10-20(17)34-23(24,25)26)28-21-19(16(2)32)13-27-31(21)18-9-7-11-30(14-18)22(33)29(3)4/h5-6,8,10,13,18H,7,9,11-12,14H2,1-4H3/b28-15+. The molecule has 1 unspecified atom stereocenters. The fourth-order valence-corrected chi connectivity index (χ4v) is 3.96. The zero-order chi connectivity index (χ0) is 25.0. The van der Waals surface area contributed by atoms with Crippen molar-refractivity contribution in [1.82, 2.24) is 19.6 Å². The zero-order valence-electron chi connectivity index (χ0n) is 19.6. The van der Waals surface area contributed by atoms with Crippen LogP contribution in [0.4, 0.5) is 23.8 Å². The molecule has 2 amide bonds. The maximum absolute atomic E-state index is 12.8. The van der Waals surface area contributed by atoms with Crippen molar-refractivity contribution in [2.45, 2.75) is 45.5 Å². The number of alkyl halides is 3. The highest BCUT2D eigenvalue weighted by Gasteiger charge is 2.32. The molecule has 0 aliphatic carbocycles. The zero-order valence-corrected chi connectivity index (χ0v) is 19.6. The number of halogens is 3. The van der Waals surface area contributed by atoms with Gasteiger partial charge in [-0.05, 0) is 32.8 Å². The number of hydrogen-bond acceptors (Lipinski definition) is 5. The maximum atomic E-state index is 12.8. The Morgan fingerprint density at radius 2 is 1.94 bits per heavy atom. The lowest BCUT2D eigenvalue weighted by Gasteiger charge is -2.34. The number of likely N-dealkylation sites (tertiary alicyclic amines) is 1. The Morgan fingerprint density at radius 1 is 1.24 bits per heavy atom. The molecule has 34 heavy (non-hydrogen) atoms. The third kappa shape index (κ3) is 6.15. The van der Waals surface area contributed by atoms with Crippen LogP contribution in [0, 0.1) is 0 Å². The summed E-state index contributed by atoms with van der Waals surface area (Å²) in [5.41, 5.74) is 1.12. The lowest BCUT2D eigenvalue weighted by molar-refractivity contribution is -0.274. The normalized spacial score (nSPS) is 17.0. The summed E-state index contributed by atoms with van der Waals surface area (Å²) < 4.78 is 44.1. The highest BCUT2D eigenvalue weighted by Crippen LogP contribution is 2.31. The van der Waals surface area contributed by atoms with E-state index in [-0.39, 0.29) is 30.0 Å². The minimum Gasteiger partial charge on any atom is -0.405 e. The molecule has 1 aromatic carbocycles. The molecular weight excluding hydrogens is 451 g/mol. The number of aromatic nitrogens is 2. The van der Waals surface area contributed by atoms with E-state index < -0.39 is 6.36 Å². The molecular formula is C23H28F3N5O3. The Balaban J connectivity index is 1.91. The number of aliphatic imine (C=N–C) groups is 1. The highest BCUT2D eigenvalue weighted by molar-refractivity contribution is 5.99. The number of urea groups is 1. The van der Waals surface area contributed by atoms with E-state index in [1.807, 2.05) is 0 Å². The van der Waals surface area contributed by atoms with Gasteiger partial charge in [0, 0.05) is 44.9 Å². The molecule has 8 nitrogen and oxygen atoms in total. The second-order valence-electron chi connectivity index (χ2n) is 8.48. The number of Topliss-reactive ketones (excluding diaryl/α,β-unsaturated/α-hetero) is 1. The number of carbonyl (C=O) groups excluding carboxylic acids is 2. The van der Waals surface area contributed by atoms with Crippen molar-refractivity contribution in [2.75, 3.05) is 27.2 Å². The van der Waals surface area contributed by atoms with E-state index in [0.29, 0.717) is 35.7 Å². The Kier molecular flexibility index (Phi) is 7.63. The van der Waals surface area contributed by atoms with Gasteiger partial charge in [-0.25, -0.2) is 14.5 Å². The van der Waals surface area contributed by atoms with Gasteiger partial charge in [0.2, 0.25) is 0 Å². The molecule has 3 rings (SSSR count). The van der Waals surface area contributed by atoms with Gasteiger partial charge in [0.25, 0.3) is 0 Å². The summed E-state index contributed by atoms with van der Waals surface area (Å²) in [6.07, 6.45) is -1.76. The number of rotatable bonds is 6. The summed E-state index contributed by atoms with van der Waals surface area (Å²) in [4.78, 5) is 32.5. The maximum Gasteiger partial charge on any atom is 0.573 e. The summed E-state index contributed by atoms with van der Waals surface area (Å²) in [6.45, 7) is 4.13. The van der Waals surface area contributed by atoms with Gasteiger partial charge in [0.15, 0.2) is 11.6 Å². The number of carbonyl (C=O) groups is 2. The smallest absolute Gasteiger partial charge is 0.405 e. The summed E-state index contributed by atoms with van der Waals surface area (Å²) >= 11 is 0. The molecule has 0 N–H and O–H groups in total. The molecule has 1 atom stereocenters. The number of amides is 2. The molecule has 2 aromatic rings. The van der Waals surface area contributed by atoms with E-state index >= 15 is 0 Å². The van der Waals surface area contributed by atoms with Crippen LogP contribution in [-0.4, -0.2) is 70.7 Å². The monoisotopic (exact) mass is 479 g/mol. The molecule has 1 aromatic heterocycles.